The average molecular weight is 170 g/mol. The Balaban J connectivity index is 2.46. The molecule has 0 bridgehead atoms. The molecule has 1 saturated heterocycles. The van der Waals surface area contributed by atoms with Crippen molar-refractivity contribution in [2.45, 2.75) is 26.2 Å². The van der Waals surface area contributed by atoms with Gasteiger partial charge in [0.2, 0.25) is 5.91 Å². The van der Waals surface area contributed by atoms with Crippen molar-refractivity contribution < 1.29 is 4.79 Å². The molecule has 0 aromatic carbocycles. The Morgan fingerprint density at radius 1 is 1.58 bits per heavy atom. The molecule has 3 N–H and O–H groups in total. The Morgan fingerprint density at radius 3 is 2.58 bits per heavy atom. The summed E-state index contributed by atoms with van der Waals surface area (Å²) < 4.78 is 0. The smallest absolute Gasteiger partial charge is 0.220 e. The highest BCUT2D eigenvalue weighted by atomic mass is 16.1. The maximum atomic E-state index is 11.0. The molecule has 0 aliphatic carbocycles. The fourth-order valence-electron chi connectivity index (χ4n) is 2.01. The SMILES string of the molecule is CCC(C(N)=O)C1CCNCC1. The number of nitrogens with one attached hydrogen (secondary N) is 1. The minimum Gasteiger partial charge on any atom is -0.369 e. The molecule has 1 rings (SSSR count). The highest BCUT2D eigenvalue weighted by Crippen LogP contribution is 2.23. The maximum absolute atomic E-state index is 11.0. The van der Waals surface area contributed by atoms with E-state index in [1.54, 1.807) is 0 Å². The number of nitrogens with two attached hydrogens (primary N) is 1. The van der Waals surface area contributed by atoms with Crippen LogP contribution in [0, 0.1) is 11.8 Å². The largest absolute Gasteiger partial charge is 0.369 e. The molecular weight excluding hydrogens is 152 g/mol. The lowest BCUT2D eigenvalue weighted by Crippen LogP contribution is -2.37. The first kappa shape index (κ1) is 9.52. The van der Waals surface area contributed by atoms with E-state index in [4.69, 9.17) is 5.73 Å². The summed E-state index contributed by atoms with van der Waals surface area (Å²) in [5, 5.41) is 3.28. The second-order valence-electron chi connectivity index (χ2n) is 3.50. The van der Waals surface area contributed by atoms with Crippen LogP contribution >= 0.6 is 0 Å². The Kier molecular flexibility index (Phi) is 3.53. The number of rotatable bonds is 3. The van der Waals surface area contributed by atoms with Crippen molar-refractivity contribution >= 4 is 5.91 Å². The van der Waals surface area contributed by atoms with Crippen LogP contribution in [0.25, 0.3) is 0 Å². The fraction of sp³-hybridized carbons (Fsp3) is 0.889. The van der Waals surface area contributed by atoms with E-state index in [0.717, 1.165) is 32.4 Å². The zero-order chi connectivity index (χ0) is 8.97. The van der Waals surface area contributed by atoms with E-state index in [1.807, 2.05) is 6.92 Å². The standard InChI is InChI=1S/C9H18N2O/c1-2-8(9(10)12)7-3-5-11-6-4-7/h7-8,11H,2-6H2,1H3,(H2,10,12). The molecule has 1 unspecified atom stereocenters. The third-order valence-corrected chi connectivity index (χ3v) is 2.76. The van der Waals surface area contributed by atoms with Crippen molar-refractivity contribution in [2.24, 2.45) is 17.6 Å². The van der Waals surface area contributed by atoms with Crippen molar-refractivity contribution in [2.75, 3.05) is 13.1 Å². The van der Waals surface area contributed by atoms with Gasteiger partial charge in [-0.05, 0) is 38.3 Å². The van der Waals surface area contributed by atoms with Crippen molar-refractivity contribution in [3.63, 3.8) is 0 Å². The molecule has 1 amide bonds. The number of piperidine rings is 1. The van der Waals surface area contributed by atoms with Crippen molar-refractivity contribution in [1.29, 1.82) is 0 Å². The highest BCUT2D eigenvalue weighted by molar-refractivity contribution is 5.76. The first-order chi connectivity index (χ1) is 5.75. The van der Waals surface area contributed by atoms with Gasteiger partial charge in [-0.2, -0.15) is 0 Å². The van der Waals surface area contributed by atoms with Gasteiger partial charge in [0, 0.05) is 5.92 Å². The third kappa shape index (κ3) is 2.21. The van der Waals surface area contributed by atoms with Gasteiger partial charge < -0.3 is 11.1 Å². The van der Waals surface area contributed by atoms with Gasteiger partial charge in [-0.3, -0.25) is 4.79 Å². The van der Waals surface area contributed by atoms with E-state index in [9.17, 15) is 4.79 Å². The summed E-state index contributed by atoms with van der Waals surface area (Å²) in [5.41, 5.74) is 5.32. The summed E-state index contributed by atoms with van der Waals surface area (Å²) >= 11 is 0. The molecule has 70 valence electrons. The van der Waals surface area contributed by atoms with Crippen LogP contribution in [0.4, 0.5) is 0 Å². The predicted molar refractivity (Wildman–Crippen MR) is 48.6 cm³/mol. The normalized spacial score (nSPS) is 22.1. The van der Waals surface area contributed by atoms with Crippen LogP contribution in [-0.2, 0) is 4.79 Å². The lowest BCUT2D eigenvalue weighted by molar-refractivity contribution is -0.123. The molecule has 1 aliphatic rings. The van der Waals surface area contributed by atoms with E-state index in [1.165, 1.54) is 0 Å². The molecule has 1 aliphatic heterocycles. The lowest BCUT2D eigenvalue weighted by Gasteiger charge is -2.27. The lowest BCUT2D eigenvalue weighted by atomic mass is 9.83. The minimum absolute atomic E-state index is 0.104. The summed E-state index contributed by atoms with van der Waals surface area (Å²) in [7, 11) is 0. The minimum atomic E-state index is -0.121. The Morgan fingerprint density at radius 2 is 2.17 bits per heavy atom. The Bertz CT molecular complexity index is 153. The van der Waals surface area contributed by atoms with Gasteiger partial charge in [0.1, 0.15) is 0 Å². The molecule has 0 aromatic heterocycles. The zero-order valence-electron chi connectivity index (χ0n) is 7.68. The first-order valence-electron chi connectivity index (χ1n) is 4.75. The van der Waals surface area contributed by atoms with E-state index in [0.29, 0.717) is 5.92 Å². The number of hydrogen-bond acceptors (Lipinski definition) is 2. The van der Waals surface area contributed by atoms with Gasteiger partial charge in [0.05, 0.1) is 0 Å². The molecule has 1 fully saturated rings. The van der Waals surface area contributed by atoms with Gasteiger partial charge >= 0.3 is 0 Å². The predicted octanol–water partition coefficient (Wildman–Crippen LogP) is 0.497. The number of hydrogen-bond donors (Lipinski definition) is 2. The maximum Gasteiger partial charge on any atom is 0.220 e. The molecule has 0 radical (unpaired) electrons. The molecule has 1 atom stereocenters. The van der Waals surface area contributed by atoms with Gasteiger partial charge in [0.15, 0.2) is 0 Å². The number of carbonyl (C=O) groups is 1. The summed E-state index contributed by atoms with van der Waals surface area (Å²) in [6.45, 7) is 4.11. The molecule has 3 nitrogen and oxygen atoms in total. The molecule has 0 saturated carbocycles. The van der Waals surface area contributed by atoms with Gasteiger partial charge in [-0.25, -0.2) is 0 Å². The van der Waals surface area contributed by atoms with Crippen LogP contribution in [0.3, 0.4) is 0 Å². The molecule has 1 heterocycles. The Hall–Kier alpha value is -0.570. The zero-order valence-corrected chi connectivity index (χ0v) is 7.68. The molecule has 12 heavy (non-hydrogen) atoms. The van der Waals surface area contributed by atoms with E-state index in [-0.39, 0.29) is 11.8 Å². The monoisotopic (exact) mass is 170 g/mol. The van der Waals surface area contributed by atoms with Crippen LogP contribution in [0.2, 0.25) is 0 Å². The number of carbonyl (C=O) groups excluding carboxylic acids is 1. The van der Waals surface area contributed by atoms with E-state index < -0.39 is 0 Å². The van der Waals surface area contributed by atoms with Crippen molar-refractivity contribution in [3.8, 4) is 0 Å². The quantitative estimate of drug-likeness (QED) is 0.648. The average Bonchev–Trinajstić information content (AvgIpc) is 2.07. The molecular formula is C9H18N2O. The van der Waals surface area contributed by atoms with Gasteiger partial charge in [-0.15, -0.1) is 0 Å². The second-order valence-corrected chi connectivity index (χ2v) is 3.50. The van der Waals surface area contributed by atoms with Crippen LogP contribution in [0.5, 0.6) is 0 Å². The van der Waals surface area contributed by atoms with Crippen LogP contribution in [-0.4, -0.2) is 19.0 Å². The second kappa shape index (κ2) is 4.45. The van der Waals surface area contributed by atoms with Crippen LogP contribution in [0.15, 0.2) is 0 Å². The Labute approximate surface area is 73.7 Å². The molecule has 0 aromatic rings. The van der Waals surface area contributed by atoms with Gasteiger partial charge in [0.25, 0.3) is 0 Å². The fourth-order valence-corrected chi connectivity index (χ4v) is 2.01. The van der Waals surface area contributed by atoms with Crippen LogP contribution < -0.4 is 11.1 Å². The van der Waals surface area contributed by atoms with E-state index in [2.05, 4.69) is 5.32 Å². The summed E-state index contributed by atoms with van der Waals surface area (Å²) in [5.74, 6) is 0.505. The number of amides is 1. The first-order valence-corrected chi connectivity index (χ1v) is 4.75. The van der Waals surface area contributed by atoms with Crippen molar-refractivity contribution in [3.05, 3.63) is 0 Å². The van der Waals surface area contributed by atoms with E-state index >= 15 is 0 Å². The van der Waals surface area contributed by atoms with Crippen molar-refractivity contribution in [1.82, 2.24) is 5.32 Å². The summed E-state index contributed by atoms with van der Waals surface area (Å²) in [6.07, 6.45) is 3.09. The molecule has 0 spiro atoms. The molecule has 3 heteroatoms. The van der Waals surface area contributed by atoms with Gasteiger partial charge in [-0.1, -0.05) is 6.92 Å². The summed E-state index contributed by atoms with van der Waals surface area (Å²) in [4.78, 5) is 11.0. The summed E-state index contributed by atoms with van der Waals surface area (Å²) in [6, 6.07) is 0. The topological polar surface area (TPSA) is 55.1 Å². The third-order valence-electron chi connectivity index (χ3n) is 2.76. The van der Waals surface area contributed by atoms with Crippen LogP contribution in [0.1, 0.15) is 26.2 Å². The number of primary amides is 1. The highest BCUT2D eigenvalue weighted by Gasteiger charge is 2.25.